The summed E-state index contributed by atoms with van der Waals surface area (Å²) in [5.74, 6) is 0.550. The lowest BCUT2D eigenvalue weighted by Crippen LogP contribution is -2.44. The van der Waals surface area contributed by atoms with Gasteiger partial charge in [-0.25, -0.2) is 9.78 Å². The maximum Gasteiger partial charge on any atom is 0.343 e. The number of esters is 1. The third-order valence-electron chi connectivity index (χ3n) is 8.21. The van der Waals surface area contributed by atoms with Crippen LogP contribution in [0.25, 0.3) is 22.3 Å². The van der Waals surface area contributed by atoms with Gasteiger partial charge in [0.05, 0.1) is 23.5 Å². The number of piperazine rings is 1. The Morgan fingerprint density at radius 3 is 2.68 bits per heavy atom. The second-order valence-electron chi connectivity index (χ2n) is 10.3. The fourth-order valence-corrected chi connectivity index (χ4v) is 5.93. The Balaban J connectivity index is 1.39. The molecule has 10 heteroatoms. The molecule has 0 radical (unpaired) electrons. The number of aromatic nitrogens is 2. The van der Waals surface area contributed by atoms with Crippen LogP contribution in [0.1, 0.15) is 35.6 Å². The summed E-state index contributed by atoms with van der Waals surface area (Å²) in [5, 5.41) is 12.1. The van der Waals surface area contributed by atoms with Crippen LogP contribution >= 0.6 is 0 Å². The van der Waals surface area contributed by atoms with Gasteiger partial charge in [-0.05, 0) is 37.2 Å². The normalized spacial score (nSPS) is 22.6. The van der Waals surface area contributed by atoms with Gasteiger partial charge in [-0.3, -0.25) is 9.69 Å². The van der Waals surface area contributed by atoms with Crippen LogP contribution in [-0.4, -0.2) is 70.4 Å². The molecule has 1 atom stereocenters. The molecule has 1 fully saturated rings. The number of cyclic esters (lactones) is 1. The molecular weight excluding hydrogens is 476 g/mol. The highest BCUT2D eigenvalue weighted by Crippen LogP contribution is 2.44. The molecule has 10 nitrogen and oxygen atoms in total. The highest BCUT2D eigenvalue weighted by Gasteiger charge is 2.45. The van der Waals surface area contributed by atoms with E-state index in [0.717, 1.165) is 49.2 Å². The SMILES string of the molecule is CC[C@@]1(O)C(=O)OCc2c1cc1n(c2=O)Cc2cc3c(CN4CCN(C)CC4)cc4c(c3nc2-1)OCO4. The zero-order valence-electron chi connectivity index (χ0n) is 20.9. The number of rotatable bonds is 3. The lowest BCUT2D eigenvalue weighted by atomic mass is 9.86. The molecule has 6 heterocycles. The molecule has 7 rings (SSSR count). The maximum absolute atomic E-state index is 13.5. The second kappa shape index (κ2) is 8.01. The first-order valence-corrected chi connectivity index (χ1v) is 12.7. The van der Waals surface area contributed by atoms with Crippen molar-refractivity contribution in [3.05, 3.63) is 50.8 Å². The van der Waals surface area contributed by atoms with Crippen molar-refractivity contribution < 1.29 is 24.1 Å². The van der Waals surface area contributed by atoms with E-state index in [9.17, 15) is 14.7 Å². The van der Waals surface area contributed by atoms with Crippen molar-refractivity contribution in [1.29, 1.82) is 0 Å². The van der Waals surface area contributed by atoms with E-state index in [4.69, 9.17) is 19.2 Å². The summed E-state index contributed by atoms with van der Waals surface area (Å²) in [6, 6.07) is 5.88. The number of hydrogen-bond donors (Lipinski definition) is 1. The number of ether oxygens (including phenoxy) is 3. The number of pyridine rings is 2. The number of carbonyl (C=O) groups is 1. The van der Waals surface area contributed by atoms with Crippen LogP contribution in [0.15, 0.2) is 23.0 Å². The van der Waals surface area contributed by atoms with Crippen LogP contribution in [0, 0.1) is 0 Å². The van der Waals surface area contributed by atoms with E-state index < -0.39 is 11.6 Å². The summed E-state index contributed by atoms with van der Waals surface area (Å²) >= 11 is 0. The predicted octanol–water partition coefficient (Wildman–Crippen LogP) is 1.56. The van der Waals surface area contributed by atoms with E-state index in [-0.39, 0.29) is 25.4 Å². The van der Waals surface area contributed by atoms with E-state index in [2.05, 4.69) is 22.9 Å². The largest absolute Gasteiger partial charge is 0.458 e. The zero-order chi connectivity index (χ0) is 25.5. The van der Waals surface area contributed by atoms with Crippen LogP contribution in [0.5, 0.6) is 11.5 Å². The van der Waals surface area contributed by atoms with Gasteiger partial charge >= 0.3 is 5.97 Å². The number of fused-ring (bicyclic) bond motifs is 7. The Morgan fingerprint density at radius 1 is 1.08 bits per heavy atom. The highest BCUT2D eigenvalue weighted by molar-refractivity contribution is 5.94. The molecule has 192 valence electrons. The first-order chi connectivity index (χ1) is 17.9. The van der Waals surface area contributed by atoms with E-state index in [1.54, 1.807) is 17.6 Å². The summed E-state index contributed by atoms with van der Waals surface area (Å²) in [6.07, 6.45) is 0.105. The number of benzene rings is 1. The Bertz CT molecular complexity index is 1540. The molecule has 4 aliphatic heterocycles. The van der Waals surface area contributed by atoms with Crippen molar-refractivity contribution in [2.75, 3.05) is 40.0 Å². The van der Waals surface area contributed by atoms with Gasteiger partial charge in [-0.2, -0.15) is 0 Å². The molecule has 37 heavy (non-hydrogen) atoms. The van der Waals surface area contributed by atoms with Crippen LogP contribution in [-0.2, 0) is 34.8 Å². The zero-order valence-corrected chi connectivity index (χ0v) is 20.9. The molecule has 0 spiro atoms. The van der Waals surface area contributed by atoms with Crippen molar-refractivity contribution in [2.45, 2.75) is 38.6 Å². The summed E-state index contributed by atoms with van der Waals surface area (Å²) in [7, 11) is 2.14. The first kappa shape index (κ1) is 22.7. The third-order valence-corrected chi connectivity index (χ3v) is 8.21. The van der Waals surface area contributed by atoms with E-state index in [0.29, 0.717) is 46.1 Å². The quantitative estimate of drug-likeness (QED) is 0.416. The number of aliphatic hydroxyl groups is 1. The van der Waals surface area contributed by atoms with Crippen molar-refractivity contribution >= 4 is 16.9 Å². The van der Waals surface area contributed by atoms with Gasteiger partial charge in [0, 0.05) is 49.2 Å². The second-order valence-corrected chi connectivity index (χ2v) is 10.3. The maximum atomic E-state index is 13.5. The summed E-state index contributed by atoms with van der Waals surface area (Å²) in [6.45, 7) is 6.84. The van der Waals surface area contributed by atoms with Gasteiger partial charge in [0.15, 0.2) is 17.1 Å². The van der Waals surface area contributed by atoms with Gasteiger partial charge in [0.1, 0.15) is 12.1 Å². The summed E-state index contributed by atoms with van der Waals surface area (Å²) in [5.41, 5.74) is 2.47. The van der Waals surface area contributed by atoms with E-state index in [1.807, 2.05) is 6.07 Å². The number of hydrogen-bond acceptors (Lipinski definition) is 9. The molecule has 1 N–H and O–H groups in total. The Hall–Kier alpha value is -3.47. The molecule has 1 saturated heterocycles. The van der Waals surface area contributed by atoms with E-state index in [1.165, 1.54) is 0 Å². The minimum absolute atomic E-state index is 0.105. The topological polar surface area (TPSA) is 106 Å². The minimum atomic E-state index is -1.85. The van der Waals surface area contributed by atoms with Gasteiger partial charge in [0.2, 0.25) is 6.79 Å². The summed E-state index contributed by atoms with van der Waals surface area (Å²) in [4.78, 5) is 35.7. The fourth-order valence-electron chi connectivity index (χ4n) is 5.93. The number of likely N-dealkylation sites (N-methyl/N-ethyl adjacent to an activating group) is 1. The van der Waals surface area contributed by atoms with Gasteiger partial charge in [0.25, 0.3) is 5.56 Å². The van der Waals surface area contributed by atoms with Crippen LogP contribution < -0.4 is 15.0 Å². The molecule has 0 amide bonds. The highest BCUT2D eigenvalue weighted by atomic mass is 16.7. The molecule has 2 aromatic heterocycles. The molecule has 0 aliphatic carbocycles. The van der Waals surface area contributed by atoms with Crippen LogP contribution in [0.4, 0.5) is 0 Å². The van der Waals surface area contributed by atoms with Crippen molar-refractivity contribution in [2.24, 2.45) is 0 Å². The monoisotopic (exact) mass is 504 g/mol. The predicted molar refractivity (Wildman–Crippen MR) is 133 cm³/mol. The number of carbonyl (C=O) groups excluding carboxylic acids is 1. The number of nitrogens with zero attached hydrogens (tertiary/aromatic N) is 4. The lowest BCUT2D eigenvalue weighted by molar-refractivity contribution is -0.172. The molecule has 3 aromatic rings. The van der Waals surface area contributed by atoms with Crippen molar-refractivity contribution in [1.82, 2.24) is 19.4 Å². The van der Waals surface area contributed by atoms with Crippen molar-refractivity contribution in [3.8, 4) is 22.9 Å². The van der Waals surface area contributed by atoms with Gasteiger partial charge < -0.3 is 28.8 Å². The summed E-state index contributed by atoms with van der Waals surface area (Å²) < 4.78 is 18.4. The molecular formula is C27H28N4O6. The Kier molecular flexibility index (Phi) is 4.92. The van der Waals surface area contributed by atoms with Crippen LogP contribution in [0.2, 0.25) is 0 Å². The average Bonchev–Trinajstić information content (AvgIpc) is 3.52. The van der Waals surface area contributed by atoms with Crippen LogP contribution in [0.3, 0.4) is 0 Å². The van der Waals surface area contributed by atoms with Gasteiger partial charge in [-0.1, -0.05) is 6.92 Å². The Labute approximate surface area is 213 Å². The fraction of sp³-hybridized carbons (Fsp3) is 0.444. The molecule has 0 bridgehead atoms. The molecule has 0 saturated carbocycles. The average molecular weight is 505 g/mol. The van der Waals surface area contributed by atoms with Crippen molar-refractivity contribution in [3.63, 3.8) is 0 Å². The standard InChI is InChI=1S/C27H28N4O6/c1-3-27(34)19-10-20-22-16(12-31(20)25(32)18(19)13-35-26(27)33)8-17-15(11-30-6-4-29(2)5-7-30)9-21-24(23(17)28-22)37-14-36-21/h8-10,34H,3-7,11-14H2,1-2H3/t27-/m0/s1. The minimum Gasteiger partial charge on any atom is -0.458 e. The lowest BCUT2D eigenvalue weighted by Gasteiger charge is -2.32. The molecule has 1 aromatic carbocycles. The first-order valence-electron chi connectivity index (χ1n) is 12.7. The van der Waals surface area contributed by atoms with Gasteiger partial charge in [-0.15, -0.1) is 0 Å². The molecule has 0 unspecified atom stereocenters. The Morgan fingerprint density at radius 2 is 1.89 bits per heavy atom. The third kappa shape index (κ3) is 3.25. The molecule has 4 aliphatic rings. The smallest absolute Gasteiger partial charge is 0.343 e. The van der Waals surface area contributed by atoms with E-state index >= 15 is 0 Å².